The van der Waals surface area contributed by atoms with Gasteiger partial charge in [0.05, 0.1) is 5.69 Å². The van der Waals surface area contributed by atoms with Gasteiger partial charge < -0.3 is 10.6 Å². The van der Waals surface area contributed by atoms with Crippen molar-refractivity contribution in [2.24, 2.45) is 7.05 Å². The summed E-state index contributed by atoms with van der Waals surface area (Å²) in [5, 5.41) is 3.88. The van der Waals surface area contributed by atoms with Crippen molar-refractivity contribution < 1.29 is 13.2 Å². The van der Waals surface area contributed by atoms with E-state index in [1.54, 1.807) is 14.0 Å². The van der Waals surface area contributed by atoms with E-state index in [4.69, 9.17) is 5.73 Å². The van der Waals surface area contributed by atoms with Gasteiger partial charge in [0.2, 0.25) is 0 Å². The maximum absolute atomic E-state index is 12.2. The number of rotatable bonds is 3. The lowest BCUT2D eigenvalue weighted by Gasteiger charge is -2.22. The van der Waals surface area contributed by atoms with E-state index in [1.807, 2.05) is 0 Å². The Balaban J connectivity index is 2.88. The van der Waals surface area contributed by atoms with Crippen molar-refractivity contribution >= 4 is 11.5 Å². The van der Waals surface area contributed by atoms with Crippen molar-refractivity contribution in [3.8, 4) is 0 Å². The Morgan fingerprint density at radius 3 is 2.47 bits per heavy atom. The first-order valence-corrected chi connectivity index (χ1v) is 4.44. The second-order valence-corrected chi connectivity index (χ2v) is 3.21. The summed E-state index contributed by atoms with van der Waals surface area (Å²) in [5.41, 5.74) is 5.80. The lowest BCUT2D eigenvalue weighted by Crippen LogP contribution is -2.34. The molecule has 1 aromatic rings. The van der Waals surface area contributed by atoms with E-state index >= 15 is 0 Å². The smallest absolute Gasteiger partial charge is 0.394 e. The summed E-state index contributed by atoms with van der Waals surface area (Å²) in [6, 6.07) is 0. The third kappa shape index (κ3) is 3.03. The molecular formula is C8H13F3N4. The number of nitrogens with two attached hydrogens (primary N) is 1. The van der Waals surface area contributed by atoms with Crippen LogP contribution < -0.4 is 10.6 Å². The molecule has 0 saturated carbocycles. The summed E-state index contributed by atoms with van der Waals surface area (Å²) in [4.78, 5) is 1.09. The van der Waals surface area contributed by atoms with E-state index in [-0.39, 0.29) is 18.1 Å². The first kappa shape index (κ1) is 11.7. The summed E-state index contributed by atoms with van der Waals surface area (Å²) >= 11 is 0. The van der Waals surface area contributed by atoms with Gasteiger partial charge in [0.1, 0.15) is 6.54 Å². The molecule has 0 aliphatic rings. The minimum Gasteiger partial charge on any atom is -0.394 e. The van der Waals surface area contributed by atoms with Crippen LogP contribution in [-0.4, -0.2) is 29.0 Å². The molecule has 4 nitrogen and oxygen atoms in total. The van der Waals surface area contributed by atoms with Crippen molar-refractivity contribution in [3.05, 3.63) is 6.20 Å². The van der Waals surface area contributed by atoms with Gasteiger partial charge in [-0.2, -0.15) is 18.3 Å². The second-order valence-electron chi connectivity index (χ2n) is 3.21. The molecular weight excluding hydrogens is 209 g/mol. The lowest BCUT2D eigenvalue weighted by molar-refractivity contribution is -0.119. The molecule has 15 heavy (non-hydrogen) atoms. The van der Waals surface area contributed by atoms with Crippen molar-refractivity contribution in [3.63, 3.8) is 0 Å². The van der Waals surface area contributed by atoms with Gasteiger partial charge in [0.25, 0.3) is 0 Å². The predicted molar refractivity (Wildman–Crippen MR) is 51.6 cm³/mol. The molecule has 0 aliphatic heterocycles. The lowest BCUT2D eigenvalue weighted by atomic mass is 10.4. The first-order chi connectivity index (χ1) is 6.83. The van der Waals surface area contributed by atoms with Crippen LogP contribution in [0.1, 0.15) is 6.92 Å². The molecule has 0 saturated heterocycles. The van der Waals surface area contributed by atoms with Gasteiger partial charge in [0.15, 0.2) is 5.82 Å². The number of aromatic nitrogens is 2. The standard InChI is InChI=1S/C8H13F3N4/c1-3-15(5-8(9,10)11)7-6(12)4-14(2)13-7/h4H,3,5,12H2,1-2H3. The number of hydrogen-bond acceptors (Lipinski definition) is 3. The monoisotopic (exact) mass is 222 g/mol. The fraction of sp³-hybridized carbons (Fsp3) is 0.625. The molecule has 1 heterocycles. The van der Waals surface area contributed by atoms with Crippen molar-refractivity contribution in [1.29, 1.82) is 0 Å². The number of halogens is 3. The molecule has 0 spiro atoms. The molecule has 1 rings (SSSR count). The van der Waals surface area contributed by atoms with E-state index in [9.17, 15) is 13.2 Å². The Kier molecular flexibility index (Phi) is 3.11. The van der Waals surface area contributed by atoms with Crippen LogP contribution in [0.25, 0.3) is 0 Å². The highest BCUT2D eigenvalue weighted by molar-refractivity contribution is 5.61. The number of aryl methyl sites for hydroxylation is 1. The largest absolute Gasteiger partial charge is 0.405 e. The van der Waals surface area contributed by atoms with E-state index < -0.39 is 12.7 Å². The zero-order valence-electron chi connectivity index (χ0n) is 8.54. The molecule has 1 aromatic heterocycles. The third-order valence-electron chi connectivity index (χ3n) is 1.89. The fourth-order valence-corrected chi connectivity index (χ4v) is 1.29. The van der Waals surface area contributed by atoms with Gasteiger partial charge in [-0.1, -0.05) is 0 Å². The summed E-state index contributed by atoms with van der Waals surface area (Å²) in [7, 11) is 1.61. The van der Waals surface area contributed by atoms with Crippen LogP contribution in [0.5, 0.6) is 0 Å². The van der Waals surface area contributed by atoms with Gasteiger partial charge >= 0.3 is 6.18 Å². The SMILES string of the molecule is CCN(CC(F)(F)F)c1nn(C)cc1N. The summed E-state index contributed by atoms with van der Waals surface area (Å²) in [6.45, 7) is 0.797. The van der Waals surface area contributed by atoms with Crippen molar-refractivity contribution in [1.82, 2.24) is 9.78 Å². The minimum atomic E-state index is -4.25. The topological polar surface area (TPSA) is 47.1 Å². The highest BCUT2D eigenvalue weighted by Crippen LogP contribution is 2.24. The van der Waals surface area contributed by atoms with Crippen LogP contribution in [0.2, 0.25) is 0 Å². The summed E-state index contributed by atoms with van der Waals surface area (Å²) < 4.78 is 38.0. The molecule has 0 amide bonds. The average Bonchev–Trinajstić information content (AvgIpc) is 2.39. The maximum atomic E-state index is 12.2. The van der Waals surface area contributed by atoms with E-state index in [1.165, 1.54) is 10.9 Å². The molecule has 0 radical (unpaired) electrons. The van der Waals surface area contributed by atoms with Crippen LogP contribution in [0.4, 0.5) is 24.7 Å². The zero-order valence-corrected chi connectivity index (χ0v) is 8.54. The van der Waals surface area contributed by atoms with Crippen LogP contribution in [0, 0.1) is 0 Å². The Hall–Kier alpha value is -1.40. The third-order valence-corrected chi connectivity index (χ3v) is 1.89. The number of nitrogens with zero attached hydrogens (tertiary/aromatic N) is 3. The number of hydrogen-bond donors (Lipinski definition) is 1. The van der Waals surface area contributed by atoms with Gasteiger partial charge in [-0.3, -0.25) is 4.68 Å². The number of alkyl halides is 3. The van der Waals surface area contributed by atoms with Gasteiger partial charge in [-0.15, -0.1) is 0 Å². The molecule has 0 aliphatic carbocycles. The molecule has 2 N–H and O–H groups in total. The molecule has 7 heteroatoms. The summed E-state index contributed by atoms with van der Waals surface area (Å²) in [6.07, 6.45) is -2.77. The van der Waals surface area contributed by atoms with Crippen LogP contribution in [0.3, 0.4) is 0 Å². The van der Waals surface area contributed by atoms with Crippen molar-refractivity contribution in [2.45, 2.75) is 13.1 Å². The second kappa shape index (κ2) is 4.00. The molecule has 0 bridgehead atoms. The fourth-order valence-electron chi connectivity index (χ4n) is 1.29. The molecule has 0 unspecified atom stereocenters. The highest BCUT2D eigenvalue weighted by atomic mass is 19.4. The van der Waals surface area contributed by atoms with Crippen LogP contribution in [-0.2, 0) is 7.05 Å². The maximum Gasteiger partial charge on any atom is 0.405 e. The minimum absolute atomic E-state index is 0.178. The van der Waals surface area contributed by atoms with Crippen LogP contribution >= 0.6 is 0 Å². The molecule has 0 fully saturated rings. The normalized spacial score (nSPS) is 11.8. The van der Waals surface area contributed by atoms with Crippen LogP contribution in [0.15, 0.2) is 6.20 Å². The molecule has 0 atom stereocenters. The Morgan fingerprint density at radius 1 is 1.53 bits per heavy atom. The van der Waals surface area contributed by atoms with E-state index in [0.717, 1.165) is 4.90 Å². The van der Waals surface area contributed by atoms with Gasteiger partial charge in [-0.25, -0.2) is 0 Å². The van der Waals surface area contributed by atoms with E-state index in [0.29, 0.717) is 0 Å². The summed E-state index contributed by atoms with van der Waals surface area (Å²) in [5.74, 6) is 0.178. The van der Waals surface area contributed by atoms with Gasteiger partial charge in [-0.05, 0) is 6.92 Å². The van der Waals surface area contributed by atoms with Crippen molar-refractivity contribution in [2.75, 3.05) is 23.7 Å². The first-order valence-electron chi connectivity index (χ1n) is 4.44. The number of anilines is 2. The molecule has 0 aromatic carbocycles. The zero-order chi connectivity index (χ0) is 11.6. The molecule has 86 valence electrons. The highest BCUT2D eigenvalue weighted by Gasteiger charge is 2.31. The van der Waals surface area contributed by atoms with Gasteiger partial charge in [0, 0.05) is 19.8 Å². The predicted octanol–water partition coefficient (Wildman–Crippen LogP) is 1.39. The Morgan fingerprint density at radius 2 is 2.13 bits per heavy atom. The quantitative estimate of drug-likeness (QED) is 0.840. The van der Waals surface area contributed by atoms with E-state index in [2.05, 4.69) is 5.10 Å². The average molecular weight is 222 g/mol. The Bertz CT molecular complexity index is 331. The Labute approximate surface area is 85.5 Å². The number of nitrogen functional groups attached to an aromatic ring is 1.